The maximum Gasteiger partial charge on any atom is 0.208 e. The van der Waals surface area contributed by atoms with Gasteiger partial charge >= 0.3 is 0 Å². The number of Topliss-reactive ketones (excluding diaryl/α,β-unsaturated/α-hetero) is 1. The first-order valence-corrected chi connectivity index (χ1v) is 7.20. The molecule has 0 bridgehead atoms. The van der Waals surface area contributed by atoms with Crippen LogP contribution in [0, 0.1) is 5.41 Å². The van der Waals surface area contributed by atoms with Gasteiger partial charge < -0.3 is 10.2 Å². The summed E-state index contributed by atoms with van der Waals surface area (Å²) in [6.45, 7) is 0. The summed E-state index contributed by atoms with van der Waals surface area (Å²) in [5.41, 5.74) is 6.09. The topological polar surface area (TPSA) is 80.1 Å². The second-order valence-electron chi connectivity index (χ2n) is 3.75. The Labute approximate surface area is 123 Å². The number of ketones is 1. The predicted molar refractivity (Wildman–Crippen MR) is 80.5 cm³/mol. The highest BCUT2D eigenvalue weighted by atomic mass is 79.9. The molecule has 1 aromatic carbocycles. The molecular formula is C13H11BrN2O2S. The fraction of sp³-hybridized carbons (Fsp3) is 0.0769. The molecule has 1 heterocycles. The zero-order chi connectivity index (χ0) is 13.8. The molecule has 0 aliphatic heterocycles. The first-order chi connectivity index (χ1) is 9.06. The Morgan fingerprint density at radius 2 is 1.95 bits per heavy atom. The van der Waals surface area contributed by atoms with E-state index in [9.17, 15) is 4.79 Å². The standard InChI is InChI=1S/C13H11BrN2O2S/c14-9-3-1-8(2-4-9)11-5-6-12(18-11)10(17)7-19-13(15)16/h1-6H,7H2,(H3,15,16). The van der Waals surface area contributed by atoms with Crippen molar-refractivity contribution in [3.8, 4) is 11.3 Å². The minimum atomic E-state index is -0.177. The van der Waals surface area contributed by atoms with E-state index in [1.165, 1.54) is 0 Å². The Morgan fingerprint density at radius 3 is 2.58 bits per heavy atom. The molecule has 0 atom stereocenters. The van der Waals surface area contributed by atoms with Gasteiger partial charge in [-0.05, 0) is 24.3 Å². The number of thioether (sulfide) groups is 1. The largest absolute Gasteiger partial charge is 0.453 e. The van der Waals surface area contributed by atoms with Crippen molar-refractivity contribution in [1.82, 2.24) is 0 Å². The lowest BCUT2D eigenvalue weighted by Gasteiger charge is -1.98. The van der Waals surface area contributed by atoms with Crippen LogP contribution in [-0.4, -0.2) is 16.7 Å². The summed E-state index contributed by atoms with van der Waals surface area (Å²) in [6, 6.07) is 11.0. The van der Waals surface area contributed by atoms with Crippen LogP contribution in [0.5, 0.6) is 0 Å². The van der Waals surface area contributed by atoms with E-state index < -0.39 is 0 Å². The number of nitrogens with two attached hydrogens (primary N) is 1. The quantitative estimate of drug-likeness (QED) is 0.507. The van der Waals surface area contributed by atoms with Crippen LogP contribution in [0.2, 0.25) is 0 Å². The molecule has 0 saturated heterocycles. The predicted octanol–water partition coefficient (Wildman–Crippen LogP) is 3.52. The molecule has 19 heavy (non-hydrogen) atoms. The molecular weight excluding hydrogens is 328 g/mol. The van der Waals surface area contributed by atoms with Gasteiger partial charge in [-0.3, -0.25) is 10.2 Å². The summed E-state index contributed by atoms with van der Waals surface area (Å²) in [7, 11) is 0. The highest BCUT2D eigenvalue weighted by Crippen LogP contribution is 2.24. The summed E-state index contributed by atoms with van der Waals surface area (Å²) in [5, 5.41) is 6.99. The average molecular weight is 339 g/mol. The van der Waals surface area contributed by atoms with Crippen LogP contribution in [0.3, 0.4) is 0 Å². The van der Waals surface area contributed by atoms with E-state index >= 15 is 0 Å². The summed E-state index contributed by atoms with van der Waals surface area (Å²) in [6.07, 6.45) is 0. The Morgan fingerprint density at radius 1 is 1.26 bits per heavy atom. The van der Waals surface area contributed by atoms with Crippen LogP contribution in [0.25, 0.3) is 11.3 Å². The number of hydrogen-bond donors (Lipinski definition) is 2. The fourth-order valence-corrected chi connectivity index (χ4v) is 2.16. The monoisotopic (exact) mass is 338 g/mol. The molecule has 3 N–H and O–H groups in total. The lowest BCUT2D eigenvalue weighted by molar-refractivity contribution is 0.0993. The highest BCUT2D eigenvalue weighted by molar-refractivity contribution is 9.10. The number of hydrogen-bond acceptors (Lipinski definition) is 4. The third kappa shape index (κ3) is 3.71. The maximum atomic E-state index is 11.8. The first-order valence-electron chi connectivity index (χ1n) is 5.42. The molecule has 6 heteroatoms. The molecule has 0 fully saturated rings. The van der Waals surface area contributed by atoms with E-state index in [0.717, 1.165) is 21.8 Å². The van der Waals surface area contributed by atoms with Crippen LogP contribution < -0.4 is 5.73 Å². The normalized spacial score (nSPS) is 10.4. The lowest BCUT2D eigenvalue weighted by Crippen LogP contribution is -2.09. The van der Waals surface area contributed by atoms with Crippen molar-refractivity contribution in [3.05, 3.63) is 46.6 Å². The van der Waals surface area contributed by atoms with Gasteiger partial charge in [0.15, 0.2) is 10.9 Å². The molecule has 0 radical (unpaired) electrons. The average Bonchev–Trinajstić information content (AvgIpc) is 2.86. The van der Waals surface area contributed by atoms with Gasteiger partial charge in [0.05, 0.1) is 5.75 Å². The van der Waals surface area contributed by atoms with Crippen LogP contribution in [-0.2, 0) is 0 Å². The number of amidine groups is 1. The van der Waals surface area contributed by atoms with Crippen LogP contribution >= 0.6 is 27.7 Å². The van der Waals surface area contributed by atoms with E-state index in [1.54, 1.807) is 12.1 Å². The minimum absolute atomic E-state index is 0.0759. The summed E-state index contributed by atoms with van der Waals surface area (Å²) >= 11 is 4.35. The second kappa shape index (κ2) is 6.08. The molecule has 0 spiro atoms. The summed E-state index contributed by atoms with van der Waals surface area (Å²) in [5.74, 6) is 0.863. The van der Waals surface area contributed by atoms with Gasteiger partial charge in [-0.2, -0.15) is 0 Å². The molecule has 4 nitrogen and oxygen atoms in total. The Bertz CT molecular complexity index is 607. The summed E-state index contributed by atoms with van der Waals surface area (Å²) in [4.78, 5) is 11.8. The first kappa shape index (κ1) is 13.9. The zero-order valence-corrected chi connectivity index (χ0v) is 12.3. The smallest absolute Gasteiger partial charge is 0.208 e. The number of benzene rings is 1. The lowest BCUT2D eigenvalue weighted by atomic mass is 10.2. The van der Waals surface area contributed by atoms with E-state index in [2.05, 4.69) is 15.9 Å². The van der Waals surface area contributed by atoms with Gasteiger partial charge in [-0.15, -0.1) is 0 Å². The SMILES string of the molecule is N=C(N)SCC(=O)c1ccc(-c2ccc(Br)cc2)o1. The zero-order valence-electron chi connectivity index (χ0n) is 9.85. The molecule has 0 aliphatic carbocycles. The van der Waals surface area contributed by atoms with E-state index in [-0.39, 0.29) is 22.5 Å². The molecule has 98 valence electrons. The van der Waals surface area contributed by atoms with Crippen molar-refractivity contribution in [2.75, 3.05) is 5.75 Å². The Kier molecular flexibility index (Phi) is 4.44. The highest BCUT2D eigenvalue weighted by Gasteiger charge is 2.12. The van der Waals surface area contributed by atoms with E-state index in [1.807, 2.05) is 24.3 Å². The van der Waals surface area contributed by atoms with Crippen LogP contribution in [0.15, 0.2) is 45.3 Å². The Hall–Kier alpha value is -1.53. The van der Waals surface area contributed by atoms with Gasteiger partial charge in [0, 0.05) is 10.0 Å². The van der Waals surface area contributed by atoms with Gasteiger partial charge in [0.2, 0.25) is 5.78 Å². The summed E-state index contributed by atoms with van der Waals surface area (Å²) < 4.78 is 6.50. The molecule has 0 unspecified atom stereocenters. The van der Waals surface area contributed by atoms with Crippen molar-refractivity contribution in [2.24, 2.45) is 5.73 Å². The number of halogens is 1. The molecule has 0 amide bonds. The number of rotatable bonds is 4. The van der Waals surface area contributed by atoms with Crippen molar-refractivity contribution in [3.63, 3.8) is 0 Å². The molecule has 0 aliphatic rings. The van der Waals surface area contributed by atoms with Gasteiger partial charge in [0.25, 0.3) is 0 Å². The molecule has 2 aromatic rings. The number of carbonyl (C=O) groups excluding carboxylic acids is 1. The maximum absolute atomic E-state index is 11.8. The molecule has 1 aromatic heterocycles. The van der Waals surface area contributed by atoms with Crippen molar-refractivity contribution < 1.29 is 9.21 Å². The number of furan rings is 1. The number of carbonyl (C=O) groups is 1. The van der Waals surface area contributed by atoms with Crippen molar-refractivity contribution >= 4 is 38.6 Å². The van der Waals surface area contributed by atoms with Crippen molar-refractivity contribution in [1.29, 1.82) is 5.41 Å². The van der Waals surface area contributed by atoms with Gasteiger partial charge in [0.1, 0.15) is 5.76 Å². The van der Waals surface area contributed by atoms with Gasteiger partial charge in [-0.25, -0.2) is 0 Å². The van der Waals surface area contributed by atoms with Crippen LogP contribution in [0.1, 0.15) is 10.6 Å². The second-order valence-corrected chi connectivity index (χ2v) is 5.68. The molecule has 0 saturated carbocycles. The fourth-order valence-electron chi connectivity index (χ4n) is 1.47. The third-order valence-electron chi connectivity index (χ3n) is 2.37. The molecule has 2 rings (SSSR count). The van der Waals surface area contributed by atoms with E-state index in [0.29, 0.717) is 5.76 Å². The van der Waals surface area contributed by atoms with Gasteiger partial charge in [-0.1, -0.05) is 39.8 Å². The third-order valence-corrected chi connectivity index (χ3v) is 3.61. The van der Waals surface area contributed by atoms with E-state index in [4.69, 9.17) is 15.6 Å². The van der Waals surface area contributed by atoms with Crippen molar-refractivity contribution in [2.45, 2.75) is 0 Å². The number of nitrogens with one attached hydrogen (secondary N) is 1. The minimum Gasteiger partial charge on any atom is -0.453 e. The Balaban J connectivity index is 2.12. The van der Waals surface area contributed by atoms with Crippen LogP contribution in [0.4, 0.5) is 0 Å².